The average Bonchev–Trinajstić information content (AvgIpc) is 2.91. The summed E-state index contributed by atoms with van der Waals surface area (Å²) >= 11 is 0. The fraction of sp³-hybridized carbons (Fsp3) is 0.357. The molecule has 0 aliphatic heterocycles. The number of aromatic nitrogens is 2. The first-order valence-corrected chi connectivity index (χ1v) is 12.2. The van der Waals surface area contributed by atoms with Gasteiger partial charge < -0.3 is 20.8 Å². The molecule has 10 nitrogen and oxygen atoms in total. The summed E-state index contributed by atoms with van der Waals surface area (Å²) in [6, 6.07) is 7.48. The van der Waals surface area contributed by atoms with E-state index in [1.54, 1.807) is 24.8 Å². The zero-order valence-corrected chi connectivity index (χ0v) is 21.1. The number of hydrogen-bond acceptors (Lipinski definition) is 6. The van der Waals surface area contributed by atoms with Crippen molar-refractivity contribution in [1.82, 2.24) is 20.6 Å². The van der Waals surface area contributed by atoms with Gasteiger partial charge in [-0.3, -0.25) is 29.1 Å². The topological polar surface area (TPSA) is 159 Å². The molecule has 10 heteroatoms. The highest BCUT2D eigenvalue weighted by Crippen LogP contribution is 1.99. The third-order valence-corrected chi connectivity index (χ3v) is 4.71. The Kier molecular flexibility index (Phi) is 16.9. The number of amides is 2. The van der Waals surface area contributed by atoms with Gasteiger partial charge in [0.2, 0.25) is 0 Å². The molecule has 0 spiro atoms. The number of nitrogens with one attached hydrogen (secondary N) is 2. The maximum atomic E-state index is 11.4. The summed E-state index contributed by atoms with van der Waals surface area (Å²) in [4.78, 5) is 51.3. The lowest BCUT2D eigenvalue weighted by Crippen LogP contribution is -2.40. The minimum Gasteiger partial charge on any atom is -0.481 e. The van der Waals surface area contributed by atoms with Crippen molar-refractivity contribution < 1.29 is 29.4 Å². The Bertz CT molecular complexity index is 1040. The number of rotatable bonds is 12. The molecule has 0 atom stereocenters. The van der Waals surface area contributed by atoms with E-state index in [0.717, 1.165) is 11.1 Å². The molecule has 38 heavy (non-hydrogen) atoms. The largest absolute Gasteiger partial charge is 0.481 e. The molecule has 0 saturated heterocycles. The minimum absolute atomic E-state index is 0.107. The van der Waals surface area contributed by atoms with Gasteiger partial charge in [0.15, 0.2) is 0 Å². The summed E-state index contributed by atoms with van der Waals surface area (Å²) in [5.74, 6) is 8.27. The number of carbonyl (C=O) groups excluding carboxylic acids is 2. The molecule has 0 radical (unpaired) electrons. The van der Waals surface area contributed by atoms with Crippen LogP contribution in [0.4, 0.5) is 0 Å². The lowest BCUT2D eigenvalue weighted by molar-refractivity contribution is -0.139. The monoisotopic (exact) mass is 520 g/mol. The molecule has 0 aliphatic carbocycles. The third-order valence-electron chi connectivity index (χ3n) is 4.71. The van der Waals surface area contributed by atoms with Gasteiger partial charge in [-0.05, 0) is 61.8 Å². The van der Waals surface area contributed by atoms with E-state index in [1.807, 2.05) is 24.3 Å². The molecule has 2 rings (SSSR count). The quantitative estimate of drug-likeness (QED) is 0.189. The summed E-state index contributed by atoms with van der Waals surface area (Å²) < 4.78 is 0. The molecular weight excluding hydrogens is 488 g/mol. The first kappa shape index (κ1) is 31.3. The van der Waals surface area contributed by atoms with Crippen molar-refractivity contribution in [2.75, 3.05) is 13.1 Å². The second-order valence-electron chi connectivity index (χ2n) is 7.90. The Labute approximate surface area is 222 Å². The molecule has 0 saturated carbocycles. The van der Waals surface area contributed by atoms with Crippen LogP contribution in [0.2, 0.25) is 0 Å². The van der Waals surface area contributed by atoms with Gasteiger partial charge in [0, 0.05) is 61.8 Å². The first-order valence-electron chi connectivity index (χ1n) is 12.2. The highest BCUT2D eigenvalue weighted by Gasteiger charge is 2.11. The van der Waals surface area contributed by atoms with E-state index in [9.17, 15) is 19.2 Å². The molecular formula is C28H32N4O6. The van der Waals surface area contributed by atoms with Gasteiger partial charge in [0.05, 0.1) is 0 Å². The fourth-order valence-electron chi connectivity index (χ4n) is 2.80. The van der Waals surface area contributed by atoms with Crippen LogP contribution in [0.15, 0.2) is 49.1 Å². The molecule has 2 aromatic heterocycles. The van der Waals surface area contributed by atoms with Gasteiger partial charge in [0.25, 0.3) is 0 Å². The average molecular weight is 521 g/mol. The molecule has 0 aromatic carbocycles. The Morgan fingerprint density at radius 2 is 1.08 bits per heavy atom. The van der Waals surface area contributed by atoms with Crippen LogP contribution < -0.4 is 10.6 Å². The van der Waals surface area contributed by atoms with Crippen LogP contribution >= 0.6 is 0 Å². The standard InChI is InChI=1S/C14H24N2O6.C14H8N2/c17-11(18)7-3-1-5-9-15-13(21)14(22)16-10-6-2-4-8-12(19)20;1(5-13-7-3-9-15-11-13)2-6-14-8-4-10-16-12-14/h1-10H2,(H,15,21)(H,16,22)(H,17,18)(H,19,20);3-4,7-12H. The van der Waals surface area contributed by atoms with Crippen LogP contribution in [0, 0.1) is 23.7 Å². The van der Waals surface area contributed by atoms with E-state index in [1.165, 1.54) is 0 Å². The second kappa shape index (κ2) is 20.5. The predicted molar refractivity (Wildman–Crippen MR) is 140 cm³/mol. The number of unbranched alkanes of at least 4 members (excludes halogenated alkanes) is 4. The van der Waals surface area contributed by atoms with E-state index in [0.29, 0.717) is 51.6 Å². The molecule has 2 heterocycles. The van der Waals surface area contributed by atoms with Crippen molar-refractivity contribution in [3.63, 3.8) is 0 Å². The number of pyridine rings is 2. The van der Waals surface area contributed by atoms with Gasteiger partial charge in [-0.15, -0.1) is 0 Å². The maximum absolute atomic E-state index is 11.4. The normalized spacial score (nSPS) is 9.26. The third kappa shape index (κ3) is 17.7. The Morgan fingerprint density at radius 1 is 0.658 bits per heavy atom. The molecule has 200 valence electrons. The van der Waals surface area contributed by atoms with E-state index in [2.05, 4.69) is 44.3 Å². The number of nitrogens with zero attached hydrogens (tertiary/aromatic N) is 2. The lowest BCUT2D eigenvalue weighted by atomic mass is 10.2. The van der Waals surface area contributed by atoms with E-state index < -0.39 is 23.8 Å². The summed E-state index contributed by atoms with van der Waals surface area (Å²) in [6.07, 6.45) is 10.8. The van der Waals surface area contributed by atoms with E-state index in [-0.39, 0.29) is 12.8 Å². The van der Waals surface area contributed by atoms with Crippen molar-refractivity contribution in [3.8, 4) is 23.7 Å². The number of hydrogen-bond donors (Lipinski definition) is 4. The zero-order valence-electron chi connectivity index (χ0n) is 21.1. The highest BCUT2D eigenvalue weighted by atomic mass is 16.4. The number of aliphatic carboxylic acids is 2. The van der Waals surface area contributed by atoms with Crippen molar-refractivity contribution in [2.45, 2.75) is 51.4 Å². The zero-order chi connectivity index (χ0) is 27.8. The van der Waals surface area contributed by atoms with E-state index >= 15 is 0 Å². The summed E-state index contributed by atoms with van der Waals surface area (Å²) in [6.45, 7) is 0.676. The van der Waals surface area contributed by atoms with Crippen LogP contribution in [0.25, 0.3) is 0 Å². The predicted octanol–water partition coefficient (Wildman–Crippen LogP) is 2.39. The van der Waals surface area contributed by atoms with Crippen molar-refractivity contribution >= 4 is 23.8 Å². The number of carboxylic acids is 2. The lowest BCUT2D eigenvalue weighted by Gasteiger charge is -2.06. The van der Waals surface area contributed by atoms with Crippen LogP contribution in [-0.2, 0) is 19.2 Å². The van der Waals surface area contributed by atoms with E-state index in [4.69, 9.17) is 10.2 Å². The maximum Gasteiger partial charge on any atom is 0.309 e. The Hall–Kier alpha value is -4.70. The van der Waals surface area contributed by atoms with Gasteiger partial charge in [-0.1, -0.05) is 24.7 Å². The van der Waals surface area contributed by atoms with Crippen LogP contribution in [-0.4, -0.2) is 57.0 Å². The summed E-state index contributed by atoms with van der Waals surface area (Å²) in [5.41, 5.74) is 1.73. The van der Waals surface area contributed by atoms with Crippen LogP contribution in [0.3, 0.4) is 0 Å². The van der Waals surface area contributed by atoms with Gasteiger partial charge >= 0.3 is 23.8 Å². The molecule has 2 amide bonds. The second-order valence-corrected chi connectivity index (χ2v) is 7.90. The summed E-state index contributed by atoms with van der Waals surface area (Å²) in [7, 11) is 0. The molecule has 4 N–H and O–H groups in total. The van der Waals surface area contributed by atoms with Crippen LogP contribution in [0.5, 0.6) is 0 Å². The molecule has 0 bridgehead atoms. The Morgan fingerprint density at radius 3 is 1.42 bits per heavy atom. The minimum atomic E-state index is -0.841. The molecule has 2 aromatic rings. The smallest absolute Gasteiger partial charge is 0.309 e. The van der Waals surface area contributed by atoms with Crippen LogP contribution in [0.1, 0.15) is 62.5 Å². The number of carbonyl (C=O) groups is 4. The van der Waals surface area contributed by atoms with Gasteiger partial charge in [-0.25, -0.2) is 0 Å². The number of carboxylic acid groups (broad SMARTS) is 2. The van der Waals surface area contributed by atoms with Crippen molar-refractivity contribution in [2.24, 2.45) is 0 Å². The Balaban J connectivity index is 0.000000396. The molecule has 0 fully saturated rings. The van der Waals surface area contributed by atoms with Gasteiger partial charge in [-0.2, -0.15) is 0 Å². The SMILES string of the molecule is C(C#Cc1cccnc1)#Cc1cccnc1.O=C(O)CCCCCNC(=O)C(=O)NCCCCCC(=O)O. The van der Waals surface area contributed by atoms with Crippen molar-refractivity contribution in [3.05, 3.63) is 60.2 Å². The first-order chi connectivity index (χ1) is 18.4. The molecule has 0 aliphatic rings. The van der Waals surface area contributed by atoms with Crippen molar-refractivity contribution in [1.29, 1.82) is 0 Å². The summed E-state index contributed by atoms with van der Waals surface area (Å²) in [5, 5.41) is 21.8. The fourth-order valence-corrected chi connectivity index (χ4v) is 2.80. The highest BCUT2D eigenvalue weighted by molar-refractivity contribution is 6.35. The van der Waals surface area contributed by atoms with Gasteiger partial charge in [0.1, 0.15) is 0 Å². The molecule has 0 unspecified atom stereocenters.